The van der Waals surface area contributed by atoms with Gasteiger partial charge in [0.25, 0.3) is 0 Å². The van der Waals surface area contributed by atoms with Gasteiger partial charge >= 0.3 is 17.9 Å². The molecule has 0 bridgehead atoms. The van der Waals surface area contributed by atoms with Gasteiger partial charge in [0.1, 0.15) is 0 Å². The van der Waals surface area contributed by atoms with Gasteiger partial charge in [0, 0.05) is 0 Å². The van der Waals surface area contributed by atoms with Gasteiger partial charge in [-0.05, 0) is 0 Å². The van der Waals surface area contributed by atoms with Gasteiger partial charge in [-0.3, -0.25) is 19.0 Å². The number of carboxylic acids is 3. The molecule has 0 aromatic heterocycles. The van der Waals surface area contributed by atoms with Crippen molar-refractivity contribution in [3.63, 3.8) is 0 Å². The molecule has 0 rings (SSSR count). The molecule has 0 fully saturated rings. The quantitative estimate of drug-likeness (QED) is 0.374. The van der Waals surface area contributed by atoms with Crippen LogP contribution in [0, 0.1) is 0 Å². The van der Waals surface area contributed by atoms with Crippen LogP contribution in [-0.2, 0) is 14.4 Å². The number of rotatable bonds is 5. The van der Waals surface area contributed by atoms with E-state index in [1.807, 2.05) is 0 Å². The molecule has 10 N–H and O–H groups in total. The first-order valence-electron chi connectivity index (χ1n) is 3.17. The van der Waals surface area contributed by atoms with Crippen LogP contribution in [0.3, 0.4) is 0 Å². The molecule has 0 aliphatic rings. The van der Waals surface area contributed by atoms with E-state index in [4.69, 9.17) is 20.4 Å². The second kappa shape index (κ2) is 10.7. The number of aliphatic hydroxyl groups is 1. The molecule has 11 heteroatoms. The Morgan fingerprint density at radius 3 is 1.18 bits per heavy atom. The van der Waals surface area contributed by atoms with E-state index in [2.05, 4.69) is 0 Å². The van der Waals surface area contributed by atoms with Gasteiger partial charge in [0.15, 0.2) is 5.60 Å². The van der Waals surface area contributed by atoms with Gasteiger partial charge in [-0.1, -0.05) is 0 Å². The van der Waals surface area contributed by atoms with E-state index in [1.54, 1.807) is 0 Å². The summed E-state index contributed by atoms with van der Waals surface area (Å²) in [6, 6.07) is 0. The third-order valence-electron chi connectivity index (χ3n) is 1.29. The smallest absolute Gasteiger partial charge is 0.336 e. The highest BCUT2D eigenvalue weighted by atomic mass is 19.0. The topological polar surface area (TPSA) is 202 Å². The molecule has 17 heavy (non-hydrogen) atoms. The summed E-state index contributed by atoms with van der Waals surface area (Å²) in [7, 11) is 0. The fourth-order valence-corrected chi connectivity index (χ4v) is 0.714. The predicted molar refractivity (Wildman–Crippen MR) is 52.1 cm³/mol. The van der Waals surface area contributed by atoms with E-state index < -0.39 is 36.4 Å². The Labute approximate surface area is 94.0 Å². The molecule has 106 valence electrons. The molecular weight excluding hydrogens is 250 g/mol. The van der Waals surface area contributed by atoms with Crippen LogP contribution in [0.15, 0.2) is 0 Å². The average Bonchev–Trinajstić information content (AvgIpc) is 1.82. The normalized spacial score (nSPS) is 8.29. The Kier molecular flexibility index (Phi) is 18.5. The first kappa shape index (κ1) is 29.4. The summed E-state index contributed by atoms with van der Waals surface area (Å²) in [6.07, 6.45) is -2.29. The molecule has 0 aliphatic carbocycles. The fourth-order valence-electron chi connectivity index (χ4n) is 0.714. The molecule has 0 aromatic carbocycles. The van der Waals surface area contributed by atoms with E-state index in [0.29, 0.717) is 0 Å². The highest BCUT2D eigenvalue weighted by molar-refractivity contribution is 5.88. The van der Waals surface area contributed by atoms with Crippen LogP contribution in [0.4, 0.5) is 9.41 Å². The second-order valence-electron chi connectivity index (χ2n) is 2.48. The van der Waals surface area contributed by atoms with Crippen molar-refractivity contribution in [2.75, 3.05) is 0 Å². The largest absolute Gasteiger partial charge is 0.481 e. The van der Waals surface area contributed by atoms with Crippen LogP contribution in [0.1, 0.15) is 12.8 Å². The first-order valence-corrected chi connectivity index (χ1v) is 3.17. The highest BCUT2D eigenvalue weighted by Crippen LogP contribution is 2.15. The first-order chi connectivity index (χ1) is 5.78. The number of hydrogen-bond acceptors (Lipinski definition) is 6. The van der Waals surface area contributed by atoms with Gasteiger partial charge in [0.05, 0.1) is 12.8 Å². The molecule has 0 unspecified atom stereocenters. The molecule has 0 atom stereocenters. The Morgan fingerprint density at radius 1 is 0.824 bits per heavy atom. The number of aliphatic carboxylic acids is 3. The fraction of sp³-hybridized carbons (Fsp3) is 0.500. The van der Waals surface area contributed by atoms with Crippen LogP contribution >= 0.6 is 0 Å². The summed E-state index contributed by atoms with van der Waals surface area (Å²) in [6.45, 7) is 0. The van der Waals surface area contributed by atoms with Crippen LogP contribution < -0.4 is 12.3 Å². The molecular formula is C6H16F2N2O7. The number of carboxylic acid groups (broad SMARTS) is 3. The van der Waals surface area contributed by atoms with Gasteiger partial charge in [-0.25, -0.2) is 4.79 Å². The van der Waals surface area contributed by atoms with Gasteiger partial charge in [-0.2, -0.15) is 0 Å². The number of hydrogen-bond donors (Lipinski definition) is 6. The lowest BCUT2D eigenvalue weighted by Gasteiger charge is -2.18. The minimum atomic E-state index is -2.74. The molecule has 0 radical (unpaired) electrons. The molecule has 0 spiro atoms. The maximum absolute atomic E-state index is 10.3. The summed E-state index contributed by atoms with van der Waals surface area (Å²) >= 11 is 0. The summed E-state index contributed by atoms with van der Waals surface area (Å²) < 4.78 is 0. The monoisotopic (exact) mass is 266 g/mol. The zero-order chi connectivity index (χ0) is 10.6. The van der Waals surface area contributed by atoms with Gasteiger partial charge < -0.3 is 32.7 Å². The van der Waals surface area contributed by atoms with E-state index >= 15 is 0 Å². The van der Waals surface area contributed by atoms with Crippen molar-refractivity contribution in [2.24, 2.45) is 0 Å². The Balaban J connectivity index is -0.000000120. The predicted octanol–water partition coefficient (Wildman–Crippen LogP) is -0.620. The van der Waals surface area contributed by atoms with Crippen molar-refractivity contribution in [3.8, 4) is 0 Å². The maximum atomic E-state index is 10.3. The lowest BCUT2D eigenvalue weighted by Crippen LogP contribution is -2.42. The van der Waals surface area contributed by atoms with Crippen LogP contribution in [0.2, 0.25) is 0 Å². The molecule has 0 aliphatic heterocycles. The zero-order valence-corrected chi connectivity index (χ0v) is 8.66. The summed E-state index contributed by atoms with van der Waals surface area (Å²) in [5.74, 6) is -5.02. The minimum Gasteiger partial charge on any atom is -0.481 e. The molecule has 0 aromatic rings. The van der Waals surface area contributed by atoms with Crippen molar-refractivity contribution in [1.82, 2.24) is 12.3 Å². The van der Waals surface area contributed by atoms with Crippen molar-refractivity contribution >= 4 is 17.9 Å². The molecule has 0 heterocycles. The standard InChI is InChI=1S/C6H8O7.2FH.2H3N/c7-3(8)1-6(13,5(11)12)2-4(9)10;;;;/h13H,1-2H2,(H,7,8)(H,9,10)(H,11,12);2*1H;2*1H3. The SMILES string of the molecule is F.F.N.N.O=C(O)CC(O)(CC(=O)O)C(=O)O. The van der Waals surface area contributed by atoms with E-state index in [0.717, 1.165) is 0 Å². The van der Waals surface area contributed by atoms with Crippen molar-refractivity contribution < 1.29 is 44.2 Å². The Morgan fingerprint density at radius 2 is 1.06 bits per heavy atom. The van der Waals surface area contributed by atoms with Crippen LogP contribution in [-0.4, -0.2) is 43.9 Å². The maximum Gasteiger partial charge on any atom is 0.336 e. The number of halogens is 2. The molecule has 0 saturated carbocycles. The summed E-state index contributed by atoms with van der Waals surface area (Å²) in [5, 5.41) is 33.8. The zero-order valence-electron chi connectivity index (χ0n) is 8.66. The Bertz CT molecular complexity index is 245. The van der Waals surface area contributed by atoms with Crippen LogP contribution in [0.25, 0.3) is 0 Å². The summed E-state index contributed by atoms with van der Waals surface area (Å²) in [5.41, 5.74) is -2.74. The van der Waals surface area contributed by atoms with Crippen molar-refractivity contribution in [3.05, 3.63) is 0 Å². The highest BCUT2D eigenvalue weighted by Gasteiger charge is 2.40. The Hall–Kier alpha value is -1.85. The summed E-state index contributed by atoms with van der Waals surface area (Å²) in [4.78, 5) is 30.5. The van der Waals surface area contributed by atoms with Gasteiger partial charge in [0.2, 0.25) is 0 Å². The lowest BCUT2D eigenvalue weighted by molar-refractivity contribution is -0.170. The number of carbonyl (C=O) groups is 3. The lowest BCUT2D eigenvalue weighted by atomic mass is 9.96. The van der Waals surface area contributed by atoms with E-state index in [9.17, 15) is 14.4 Å². The second-order valence-corrected chi connectivity index (χ2v) is 2.48. The van der Waals surface area contributed by atoms with Gasteiger partial charge in [-0.15, -0.1) is 0 Å². The molecule has 9 nitrogen and oxygen atoms in total. The van der Waals surface area contributed by atoms with Crippen molar-refractivity contribution in [1.29, 1.82) is 0 Å². The van der Waals surface area contributed by atoms with E-state index in [-0.39, 0.29) is 21.7 Å². The minimum absolute atomic E-state index is 0. The third-order valence-corrected chi connectivity index (χ3v) is 1.29. The third kappa shape index (κ3) is 10.4. The molecule has 0 saturated heterocycles. The molecule has 0 amide bonds. The van der Waals surface area contributed by atoms with Crippen molar-refractivity contribution in [2.45, 2.75) is 18.4 Å². The van der Waals surface area contributed by atoms with Crippen LogP contribution in [0.5, 0.6) is 0 Å². The van der Waals surface area contributed by atoms with E-state index in [1.165, 1.54) is 0 Å². The average molecular weight is 266 g/mol.